The van der Waals surface area contributed by atoms with Crippen LogP contribution in [0, 0.1) is 10.1 Å². The topological polar surface area (TPSA) is 92.9 Å². The Morgan fingerprint density at radius 3 is 2.95 bits per heavy atom. The number of alkyl halides is 1. The second-order valence-electron chi connectivity index (χ2n) is 4.01. The van der Waals surface area contributed by atoms with E-state index in [1.54, 1.807) is 0 Å². The number of rotatable bonds is 4. The molecule has 102 valence electrons. The first-order valence-electron chi connectivity index (χ1n) is 5.48. The zero-order valence-corrected chi connectivity index (χ0v) is 10.5. The van der Waals surface area contributed by atoms with E-state index >= 15 is 0 Å². The van der Waals surface area contributed by atoms with Gasteiger partial charge in [0.25, 0.3) is 11.6 Å². The van der Waals surface area contributed by atoms with Crippen LogP contribution in [0.1, 0.15) is 0 Å². The molecule has 0 fully saturated rings. The Hall–Kier alpha value is -1.86. The van der Waals surface area contributed by atoms with E-state index in [-0.39, 0.29) is 36.3 Å². The Morgan fingerprint density at radius 1 is 1.58 bits per heavy atom. The number of anilines is 1. The molecule has 0 saturated carbocycles. The molecule has 1 N–H and O–H groups in total. The molecule has 0 aliphatic carbocycles. The number of amides is 1. The average molecular weight is 287 g/mol. The van der Waals surface area contributed by atoms with Crippen molar-refractivity contribution in [2.45, 2.75) is 6.10 Å². The van der Waals surface area contributed by atoms with Crippen LogP contribution in [0.25, 0.3) is 0 Å². The summed E-state index contributed by atoms with van der Waals surface area (Å²) in [7, 11) is 0. The molecule has 2 rings (SSSR count). The number of hydrogen-bond acceptors (Lipinski definition) is 5. The van der Waals surface area contributed by atoms with E-state index in [1.165, 1.54) is 23.1 Å². The normalized spacial score (nSPS) is 15.7. The number of nitrogens with zero attached hydrogens (tertiary/aromatic N) is 2. The third kappa shape index (κ3) is 2.77. The highest BCUT2D eigenvalue weighted by molar-refractivity contribution is 6.18. The molecule has 0 saturated heterocycles. The van der Waals surface area contributed by atoms with Crippen molar-refractivity contribution in [1.82, 2.24) is 0 Å². The number of benzene rings is 1. The lowest BCUT2D eigenvalue weighted by Gasteiger charge is -2.30. The number of carbonyl (C=O) groups is 1. The van der Waals surface area contributed by atoms with E-state index in [0.29, 0.717) is 5.75 Å². The summed E-state index contributed by atoms with van der Waals surface area (Å²) in [5.41, 5.74) is 0.122. The number of ether oxygens (including phenoxy) is 1. The van der Waals surface area contributed by atoms with Crippen molar-refractivity contribution >= 4 is 28.9 Å². The molecule has 0 aromatic heterocycles. The van der Waals surface area contributed by atoms with Crippen LogP contribution in [-0.2, 0) is 4.79 Å². The fourth-order valence-corrected chi connectivity index (χ4v) is 1.86. The van der Waals surface area contributed by atoms with Gasteiger partial charge in [-0.3, -0.25) is 14.9 Å². The molecule has 1 unspecified atom stereocenters. The van der Waals surface area contributed by atoms with Gasteiger partial charge in [0.1, 0.15) is 5.75 Å². The summed E-state index contributed by atoms with van der Waals surface area (Å²) >= 11 is 5.50. The molecule has 0 bridgehead atoms. The van der Waals surface area contributed by atoms with E-state index in [9.17, 15) is 20.0 Å². The third-order valence-corrected chi connectivity index (χ3v) is 3.02. The van der Waals surface area contributed by atoms with Gasteiger partial charge >= 0.3 is 0 Å². The van der Waals surface area contributed by atoms with Crippen LogP contribution in [-0.4, -0.2) is 41.1 Å². The highest BCUT2D eigenvalue weighted by Gasteiger charge is 2.28. The number of nitro benzene ring substituents is 1. The standard InChI is InChI=1S/C11H11ClN2O5/c12-4-8(15)5-13-9-3-7(14(17)18)1-2-10(9)19-6-11(13)16/h1-3,8,15H,4-6H2. The number of non-ortho nitro benzene ring substituents is 1. The molecule has 1 aromatic rings. The molecule has 0 radical (unpaired) electrons. The fraction of sp³-hybridized carbons (Fsp3) is 0.364. The number of carbonyl (C=O) groups excluding carboxylic acids is 1. The SMILES string of the molecule is O=C1COc2ccc([N+](=O)[O-])cc2N1CC(O)CCl. The molecule has 19 heavy (non-hydrogen) atoms. The van der Waals surface area contributed by atoms with Gasteiger partial charge in [0, 0.05) is 12.1 Å². The summed E-state index contributed by atoms with van der Waals surface area (Å²) in [5.74, 6) is -0.0429. The van der Waals surface area contributed by atoms with E-state index < -0.39 is 11.0 Å². The first kappa shape index (κ1) is 13.6. The van der Waals surface area contributed by atoms with Crippen LogP contribution in [0.15, 0.2) is 18.2 Å². The van der Waals surface area contributed by atoms with Gasteiger partial charge in [0.2, 0.25) is 0 Å². The predicted molar refractivity (Wildman–Crippen MR) is 67.7 cm³/mol. The summed E-state index contributed by atoms with van der Waals surface area (Å²) in [4.78, 5) is 23.2. The van der Waals surface area contributed by atoms with Crippen LogP contribution in [0.2, 0.25) is 0 Å². The van der Waals surface area contributed by atoms with Crippen molar-refractivity contribution < 1.29 is 19.6 Å². The maximum atomic E-state index is 11.8. The van der Waals surface area contributed by atoms with Gasteiger partial charge in [-0.15, -0.1) is 11.6 Å². The average Bonchev–Trinajstić information content (AvgIpc) is 2.41. The van der Waals surface area contributed by atoms with Crippen LogP contribution in [0.4, 0.5) is 11.4 Å². The van der Waals surface area contributed by atoms with Gasteiger partial charge in [-0.25, -0.2) is 0 Å². The Balaban J connectivity index is 2.38. The summed E-state index contributed by atoms with van der Waals surface area (Å²) in [5, 5.41) is 20.3. The molecule has 8 heteroatoms. The van der Waals surface area contributed by atoms with E-state index in [4.69, 9.17) is 16.3 Å². The Morgan fingerprint density at radius 2 is 2.32 bits per heavy atom. The van der Waals surface area contributed by atoms with Crippen molar-refractivity contribution in [3.8, 4) is 5.75 Å². The number of fused-ring (bicyclic) bond motifs is 1. The summed E-state index contributed by atoms with van der Waals surface area (Å²) in [6.07, 6.45) is -0.907. The first-order chi connectivity index (χ1) is 9.02. The Bertz CT molecular complexity index is 522. The minimum Gasteiger partial charge on any atom is -0.482 e. The lowest BCUT2D eigenvalue weighted by molar-refractivity contribution is -0.384. The highest BCUT2D eigenvalue weighted by Crippen LogP contribution is 2.35. The number of β-amino-alcohol motifs (C(OH)–C–C–N with tert-alkyl or cyclic N) is 1. The maximum Gasteiger partial charge on any atom is 0.271 e. The molecule has 1 amide bonds. The molecule has 7 nitrogen and oxygen atoms in total. The van der Waals surface area contributed by atoms with E-state index in [1.807, 2.05) is 0 Å². The zero-order valence-electron chi connectivity index (χ0n) is 9.78. The van der Waals surface area contributed by atoms with Crippen molar-refractivity contribution in [2.75, 3.05) is 23.9 Å². The Labute approximate surface area is 113 Å². The predicted octanol–water partition coefficient (Wildman–Crippen LogP) is 0.920. The van der Waals surface area contributed by atoms with Gasteiger partial charge in [-0.1, -0.05) is 0 Å². The van der Waals surface area contributed by atoms with Crippen LogP contribution >= 0.6 is 11.6 Å². The minimum atomic E-state index is -0.907. The monoisotopic (exact) mass is 286 g/mol. The number of nitro groups is 1. The molecule has 1 heterocycles. The third-order valence-electron chi connectivity index (χ3n) is 2.67. The quantitative estimate of drug-likeness (QED) is 0.505. The Kier molecular flexibility index (Phi) is 3.87. The summed E-state index contributed by atoms with van der Waals surface area (Å²) in [6.45, 7) is -0.195. The minimum absolute atomic E-state index is 0.0279. The largest absolute Gasteiger partial charge is 0.482 e. The molecule has 0 spiro atoms. The van der Waals surface area contributed by atoms with Crippen molar-refractivity contribution in [1.29, 1.82) is 0 Å². The first-order valence-corrected chi connectivity index (χ1v) is 6.02. The molecular weight excluding hydrogens is 276 g/mol. The zero-order chi connectivity index (χ0) is 14.0. The second kappa shape index (κ2) is 5.41. The molecule has 1 aliphatic heterocycles. The van der Waals surface area contributed by atoms with Crippen LogP contribution < -0.4 is 9.64 Å². The van der Waals surface area contributed by atoms with Crippen LogP contribution in [0.3, 0.4) is 0 Å². The van der Waals surface area contributed by atoms with Crippen LogP contribution in [0.5, 0.6) is 5.75 Å². The number of aliphatic hydroxyl groups is 1. The lowest BCUT2D eigenvalue weighted by atomic mass is 10.2. The molecule has 1 aromatic carbocycles. The van der Waals surface area contributed by atoms with Gasteiger partial charge in [-0.2, -0.15) is 0 Å². The summed E-state index contributed by atoms with van der Waals surface area (Å²) in [6, 6.07) is 3.97. The van der Waals surface area contributed by atoms with Gasteiger partial charge < -0.3 is 14.7 Å². The molecule has 1 atom stereocenters. The number of hydrogen-bond donors (Lipinski definition) is 1. The number of aliphatic hydroxyl groups excluding tert-OH is 1. The lowest BCUT2D eigenvalue weighted by Crippen LogP contribution is -2.43. The fourth-order valence-electron chi connectivity index (χ4n) is 1.76. The highest BCUT2D eigenvalue weighted by atomic mass is 35.5. The van der Waals surface area contributed by atoms with Crippen molar-refractivity contribution in [2.24, 2.45) is 0 Å². The maximum absolute atomic E-state index is 11.8. The van der Waals surface area contributed by atoms with E-state index in [0.717, 1.165) is 0 Å². The molecule has 1 aliphatic rings. The number of halogens is 1. The van der Waals surface area contributed by atoms with Gasteiger partial charge in [-0.05, 0) is 6.07 Å². The van der Waals surface area contributed by atoms with E-state index in [2.05, 4.69) is 0 Å². The molecular formula is C11H11ClN2O5. The van der Waals surface area contributed by atoms with Gasteiger partial charge in [0.15, 0.2) is 6.61 Å². The second-order valence-corrected chi connectivity index (χ2v) is 4.32. The smallest absolute Gasteiger partial charge is 0.271 e. The van der Waals surface area contributed by atoms with Gasteiger partial charge in [0.05, 0.1) is 29.1 Å². The van der Waals surface area contributed by atoms with Crippen molar-refractivity contribution in [3.63, 3.8) is 0 Å². The summed E-state index contributed by atoms with van der Waals surface area (Å²) < 4.78 is 5.19. The van der Waals surface area contributed by atoms with Crippen molar-refractivity contribution in [3.05, 3.63) is 28.3 Å².